The molecule has 1 aliphatic heterocycles. The van der Waals surface area contributed by atoms with Crippen molar-refractivity contribution < 1.29 is 14.2 Å². The van der Waals surface area contributed by atoms with Crippen LogP contribution in [0.25, 0.3) is 0 Å². The van der Waals surface area contributed by atoms with Crippen LogP contribution in [0.5, 0.6) is 11.8 Å². The Kier molecular flexibility index (Phi) is 5.35. The molecule has 2 heterocycles. The van der Waals surface area contributed by atoms with Gasteiger partial charge in [0.05, 0.1) is 19.8 Å². The Morgan fingerprint density at radius 1 is 1.32 bits per heavy atom. The summed E-state index contributed by atoms with van der Waals surface area (Å²) in [6, 6.07) is 0. The van der Waals surface area contributed by atoms with Gasteiger partial charge in [0.1, 0.15) is 6.33 Å². The highest BCUT2D eigenvalue weighted by molar-refractivity contribution is 5.34. The molecule has 1 fully saturated rings. The summed E-state index contributed by atoms with van der Waals surface area (Å²) in [6.07, 6.45) is 3.73. The van der Waals surface area contributed by atoms with E-state index in [1.165, 1.54) is 12.7 Å². The lowest BCUT2D eigenvalue weighted by Gasteiger charge is -2.12. The zero-order valence-electron chi connectivity index (χ0n) is 11.5. The second-order valence-corrected chi connectivity index (χ2v) is 4.57. The van der Waals surface area contributed by atoms with Crippen LogP contribution in [0.3, 0.4) is 0 Å². The smallest absolute Gasteiger partial charge is 0.224 e. The largest absolute Gasteiger partial charge is 0.481 e. The SMILES string of the molecule is COc1ncnc(OC)c1CNCCC1CCOC1. The van der Waals surface area contributed by atoms with E-state index >= 15 is 0 Å². The maximum Gasteiger partial charge on any atom is 0.224 e. The minimum absolute atomic E-state index is 0.559. The first-order valence-corrected chi connectivity index (χ1v) is 6.55. The molecule has 1 unspecified atom stereocenters. The number of hydrogen-bond acceptors (Lipinski definition) is 6. The van der Waals surface area contributed by atoms with Crippen LogP contribution in [0.15, 0.2) is 6.33 Å². The third-order valence-electron chi connectivity index (χ3n) is 3.31. The number of nitrogens with zero attached hydrogens (tertiary/aromatic N) is 2. The van der Waals surface area contributed by atoms with E-state index in [0.29, 0.717) is 24.2 Å². The maximum atomic E-state index is 5.36. The summed E-state index contributed by atoms with van der Waals surface area (Å²) in [7, 11) is 3.20. The van der Waals surface area contributed by atoms with E-state index in [2.05, 4.69) is 15.3 Å². The topological polar surface area (TPSA) is 65.5 Å². The molecule has 1 aliphatic rings. The Hall–Kier alpha value is -1.40. The molecule has 1 saturated heterocycles. The van der Waals surface area contributed by atoms with Gasteiger partial charge >= 0.3 is 0 Å². The minimum atomic E-state index is 0.559. The molecule has 6 nitrogen and oxygen atoms in total. The normalized spacial score (nSPS) is 18.5. The van der Waals surface area contributed by atoms with Crippen LogP contribution in [0.4, 0.5) is 0 Å². The quantitative estimate of drug-likeness (QED) is 0.744. The number of nitrogens with one attached hydrogen (secondary N) is 1. The van der Waals surface area contributed by atoms with E-state index in [4.69, 9.17) is 14.2 Å². The van der Waals surface area contributed by atoms with E-state index in [9.17, 15) is 0 Å². The van der Waals surface area contributed by atoms with Crippen LogP contribution in [0, 0.1) is 5.92 Å². The second kappa shape index (κ2) is 7.25. The van der Waals surface area contributed by atoms with Gasteiger partial charge < -0.3 is 19.5 Å². The number of methoxy groups -OCH3 is 2. The highest BCUT2D eigenvalue weighted by Gasteiger charge is 2.16. The molecule has 1 aromatic heterocycles. The van der Waals surface area contributed by atoms with Crippen LogP contribution < -0.4 is 14.8 Å². The molecular weight excluding hydrogens is 246 g/mol. The molecule has 1 aromatic rings. The fourth-order valence-corrected chi connectivity index (χ4v) is 2.21. The zero-order chi connectivity index (χ0) is 13.5. The van der Waals surface area contributed by atoms with E-state index in [-0.39, 0.29) is 0 Å². The number of hydrogen-bond donors (Lipinski definition) is 1. The summed E-state index contributed by atoms with van der Waals surface area (Å²) in [4.78, 5) is 8.18. The standard InChI is InChI=1S/C13H21N3O3/c1-17-12-11(13(18-2)16-9-15-12)7-14-5-3-10-4-6-19-8-10/h9-10,14H,3-8H2,1-2H3. The van der Waals surface area contributed by atoms with Crippen LogP contribution in [-0.4, -0.2) is 43.9 Å². The molecule has 106 valence electrons. The van der Waals surface area contributed by atoms with Crippen molar-refractivity contribution in [3.05, 3.63) is 11.9 Å². The third-order valence-corrected chi connectivity index (χ3v) is 3.31. The predicted molar refractivity (Wildman–Crippen MR) is 70.4 cm³/mol. The fourth-order valence-electron chi connectivity index (χ4n) is 2.21. The molecule has 0 amide bonds. The van der Waals surface area contributed by atoms with Crippen molar-refractivity contribution in [2.75, 3.05) is 34.0 Å². The van der Waals surface area contributed by atoms with Crippen molar-refractivity contribution >= 4 is 0 Å². The zero-order valence-corrected chi connectivity index (χ0v) is 11.5. The van der Waals surface area contributed by atoms with Crippen molar-refractivity contribution in [3.8, 4) is 11.8 Å². The lowest BCUT2D eigenvalue weighted by molar-refractivity contribution is 0.184. The predicted octanol–water partition coefficient (Wildman–Crippen LogP) is 1.01. The summed E-state index contributed by atoms with van der Waals surface area (Å²) < 4.78 is 15.8. The van der Waals surface area contributed by atoms with E-state index in [1.807, 2.05) is 0 Å². The van der Waals surface area contributed by atoms with Crippen LogP contribution in [0.1, 0.15) is 18.4 Å². The Morgan fingerprint density at radius 2 is 2.05 bits per heavy atom. The molecule has 6 heteroatoms. The highest BCUT2D eigenvalue weighted by atomic mass is 16.5. The first kappa shape index (κ1) is 14.0. The van der Waals surface area contributed by atoms with Crippen molar-refractivity contribution in [2.24, 2.45) is 5.92 Å². The third kappa shape index (κ3) is 3.78. The number of rotatable bonds is 7. The van der Waals surface area contributed by atoms with Gasteiger partial charge in [-0.15, -0.1) is 0 Å². The van der Waals surface area contributed by atoms with E-state index in [0.717, 1.165) is 31.7 Å². The summed E-state index contributed by atoms with van der Waals surface area (Å²) in [5.41, 5.74) is 0.857. The van der Waals surface area contributed by atoms with Gasteiger partial charge in [0.25, 0.3) is 0 Å². The molecule has 0 aliphatic carbocycles. The average molecular weight is 267 g/mol. The van der Waals surface area contributed by atoms with Gasteiger partial charge in [-0.2, -0.15) is 0 Å². The Labute approximate surface area is 113 Å². The summed E-state index contributed by atoms with van der Waals surface area (Å²) in [5, 5.41) is 3.38. The van der Waals surface area contributed by atoms with Crippen LogP contribution in [0.2, 0.25) is 0 Å². The number of aromatic nitrogens is 2. The summed E-state index contributed by atoms with van der Waals surface area (Å²) in [6.45, 7) is 3.37. The van der Waals surface area contributed by atoms with Crippen molar-refractivity contribution in [1.29, 1.82) is 0 Å². The second-order valence-electron chi connectivity index (χ2n) is 4.57. The van der Waals surface area contributed by atoms with Gasteiger partial charge in [0.15, 0.2) is 0 Å². The molecule has 1 atom stereocenters. The Balaban J connectivity index is 1.83. The van der Waals surface area contributed by atoms with Gasteiger partial charge in [0.2, 0.25) is 11.8 Å². The first-order valence-electron chi connectivity index (χ1n) is 6.55. The fraction of sp³-hybridized carbons (Fsp3) is 0.692. The lowest BCUT2D eigenvalue weighted by atomic mass is 10.1. The molecule has 1 N–H and O–H groups in total. The Bertz CT molecular complexity index is 372. The monoisotopic (exact) mass is 267 g/mol. The van der Waals surface area contributed by atoms with Crippen molar-refractivity contribution in [1.82, 2.24) is 15.3 Å². The van der Waals surface area contributed by atoms with Crippen LogP contribution in [-0.2, 0) is 11.3 Å². The molecule has 19 heavy (non-hydrogen) atoms. The number of ether oxygens (including phenoxy) is 3. The van der Waals surface area contributed by atoms with Gasteiger partial charge in [-0.25, -0.2) is 9.97 Å². The molecule has 0 spiro atoms. The van der Waals surface area contributed by atoms with E-state index in [1.54, 1.807) is 14.2 Å². The molecule has 0 bridgehead atoms. The molecular formula is C13H21N3O3. The first-order chi connectivity index (χ1) is 9.35. The van der Waals surface area contributed by atoms with E-state index < -0.39 is 0 Å². The Morgan fingerprint density at radius 3 is 2.63 bits per heavy atom. The highest BCUT2D eigenvalue weighted by Crippen LogP contribution is 2.23. The molecule has 2 rings (SSSR count). The molecule has 0 aromatic carbocycles. The van der Waals surface area contributed by atoms with Crippen molar-refractivity contribution in [3.63, 3.8) is 0 Å². The van der Waals surface area contributed by atoms with Gasteiger partial charge in [-0.1, -0.05) is 0 Å². The minimum Gasteiger partial charge on any atom is -0.481 e. The molecule has 0 radical (unpaired) electrons. The molecule has 0 saturated carbocycles. The van der Waals surface area contributed by atoms with Gasteiger partial charge in [-0.3, -0.25) is 0 Å². The lowest BCUT2D eigenvalue weighted by Crippen LogP contribution is -2.19. The summed E-state index contributed by atoms with van der Waals surface area (Å²) >= 11 is 0. The van der Waals surface area contributed by atoms with Crippen LogP contribution >= 0.6 is 0 Å². The van der Waals surface area contributed by atoms with Gasteiger partial charge in [0, 0.05) is 19.8 Å². The van der Waals surface area contributed by atoms with Gasteiger partial charge in [-0.05, 0) is 25.3 Å². The maximum absolute atomic E-state index is 5.36. The van der Waals surface area contributed by atoms with Crippen molar-refractivity contribution in [2.45, 2.75) is 19.4 Å². The summed E-state index contributed by atoms with van der Waals surface area (Å²) in [5.74, 6) is 1.80. The average Bonchev–Trinajstić information content (AvgIpc) is 2.96.